The number of nitrogens with zero attached hydrogens (tertiary/aromatic N) is 3. The lowest BCUT2D eigenvalue weighted by Crippen LogP contribution is -2.39. The predicted octanol–water partition coefficient (Wildman–Crippen LogP) is 4.58. The van der Waals surface area contributed by atoms with Crippen LogP contribution in [0, 0.1) is 5.82 Å². The molecule has 10 heteroatoms. The van der Waals surface area contributed by atoms with Crippen molar-refractivity contribution in [1.82, 2.24) is 13.9 Å². The Bertz CT molecular complexity index is 1530. The zero-order valence-corrected chi connectivity index (χ0v) is 20.6. The summed E-state index contributed by atoms with van der Waals surface area (Å²) in [5, 5.41) is 0.160. The van der Waals surface area contributed by atoms with Crippen LogP contribution < -0.4 is 5.56 Å². The summed E-state index contributed by atoms with van der Waals surface area (Å²) in [5.74, 6) is -0.479. The summed E-state index contributed by atoms with van der Waals surface area (Å²) in [6.45, 7) is 1.78. The van der Waals surface area contributed by atoms with Crippen molar-refractivity contribution in [2.45, 2.75) is 17.9 Å². The second-order valence-electron chi connectivity index (χ2n) is 7.82. The van der Waals surface area contributed by atoms with E-state index in [1.165, 1.54) is 40.2 Å². The first-order valence-corrected chi connectivity index (χ1v) is 12.6. The van der Waals surface area contributed by atoms with Gasteiger partial charge in [0.15, 0.2) is 0 Å². The summed E-state index contributed by atoms with van der Waals surface area (Å²) in [4.78, 5) is 18.4. The number of benzene rings is 3. The smallest absolute Gasteiger partial charge is 0.266 e. The normalized spacial score (nSPS) is 12.8. The summed E-state index contributed by atoms with van der Waals surface area (Å²) in [5.41, 5.74) is 0.252. The number of sulfonamides is 1. The Labute approximate surface area is 207 Å². The van der Waals surface area contributed by atoms with Gasteiger partial charge in [-0.1, -0.05) is 41.9 Å². The van der Waals surface area contributed by atoms with E-state index in [2.05, 4.69) is 4.98 Å². The molecule has 0 saturated carbocycles. The number of hydrogen-bond donors (Lipinski definition) is 0. The van der Waals surface area contributed by atoms with Gasteiger partial charge in [0, 0.05) is 13.7 Å². The molecule has 3 aromatic carbocycles. The van der Waals surface area contributed by atoms with E-state index in [-0.39, 0.29) is 34.6 Å². The highest BCUT2D eigenvalue weighted by Crippen LogP contribution is 2.29. The zero-order valence-electron chi connectivity index (χ0n) is 19.1. The minimum absolute atomic E-state index is 0.0156. The van der Waals surface area contributed by atoms with Crippen molar-refractivity contribution >= 4 is 32.5 Å². The van der Waals surface area contributed by atoms with Gasteiger partial charge in [-0.3, -0.25) is 9.36 Å². The lowest BCUT2D eigenvalue weighted by Gasteiger charge is -2.29. The van der Waals surface area contributed by atoms with Crippen LogP contribution in [0.5, 0.6) is 0 Å². The van der Waals surface area contributed by atoms with Gasteiger partial charge in [0.2, 0.25) is 10.0 Å². The molecule has 1 aromatic heterocycles. The molecule has 0 bridgehead atoms. The van der Waals surface area contributed by atoms with Crippen molar-refractivity contribution in [1.29, 1.82) is 0 Å². The molecule has 0 aliphatic rings. The average Bonchev–Trinajstić information content (AvgIpc) is 2.86. The second-order valence-corrected chi connectivity index (χ2v) is 10.1. The number of ether oxygens (including phenoxy) is 1. The van der Waals surface area contributed by atoms with Crippen LogP contribution in [0.25, 0.3) is 16.6 Å². The molecule has 4 rings (SSSR count). The Morgan fingerprint density at radius 2 is 1.77 bits per heavy atom. The maximum absolute atomic E-state index is 13.9. The van der Waals surface area contributed by atoms with Gasteiger partial charge in [-0.2, -0.15) is 4.31 Å². The minimum atomic E-state index is -3.99. The SMILES string of the molecule is COCCN(C(C)c1nc2ccccc2c(=O)n1-c1ccc(F)c(Cl)c1)S(=O)(=O)c1ccccc1. The van der Waals surface area contributed by atoms with E-state index in [0.717, 1.165) is 6.07 Å². The molecule has 7 nitrogen and oxygen atoms in total. The maximum atomic E-state index is 13.9. The summed E-state index contributed by atoms with van der Waals surface area (Å²) in [6.07, 6.45) is 0. The monoisotopic (exact) mass is 515 g/mol. The van der Waals surface area contributed by atoms with Gasteiger partial charge in [0.05, 0.1) is 39.2 Å². The molecule has 0 aliphatic heterocycles. The van der Waals surface area contributed by atoms with Gasteiger partial charge in [0.1, 0.15) is 11.6 Å². The van der Waals surface area contributed by atoms with Crippen LogP contribution in [0.4, 0.5) is 4.39 Å². The van der Waals surface area contributed by atoms with E-state index in [1.54, 1.807) is 49.4 Å². The first-order chi connectivity index (χ1) is 16.8. The van der Waals surface area contributed by atoms with E-state index >= 15 is 0 Å². The Morgan fingerprint density at radius 1 is 1.09 bits per heavy atom. The predicted molar refractivity (Wildman–Crippen MR) is 133 cm³/mol. The highest BCUT2D eigenvalue weighted by Gasteiger charge is 2.33. The largest absolute Gasteiger partial charge is 0.383 e. The van der Waals surface area contributed by atoms with E-state index in [1.807, 2.05) is 0 Å². The molecule has 0 amide bonds. The van der Waals surface area contributed by atoms with Crippen molar-refractivity contribution in [2.75, 3.05) is 20.3 Å². The molecular weight excluding hydrogens is 493 g/mol. The molecule has 35 heavy (non-hydrogen) atoms. The molecule has 0 N–H and O–H groups in total. The minimum Gasteiger partial charge on any atom is -0.383 e. The lowest BCUT2D eigenvalue weighted by molar-refractivity contribution is 0.166. The van der Waals surface area contributed by atoms with Crippen molar-refractivity contribution in [3.63, 3.8) is 0 Å². The average molecular weight is 516 g/mol. The van der Waals surface area contributed by atoms with Gasteiger partial charge in [-0.05, 0) is 49.4 Å². The highest BCUT2D eigenvalue weighted by atomic mass is 35.5. The van der Waals surface area contributed by atoms with Crippen LogP contribution in [-0.2, 0) is 14.8 Å². The van der Waals surface area contributed by atoms with Gasteiger partial charge in [-0.25, -0.2) is 17.8 Å². The van der Waals surface area contributed by atoms with E-state index < -0.39 is 27.4 Å². The van der Waals surface area contributed by atoms with Crippen LogP contribution in [0.1, 0.15) is 18.8 Å². The molecule has 182 valence electrons. The molecule has 0 fully saturated rings. The van der Waals surface area contributed by atoms with Crippen molar-refractivity contribution in [2.24, 2.45) is 0 Å². The number of hydrogen-bond acceptors (Lipinski definition) is 5. The quantitative estimate of drug-likeness (QED) is 0.343. The van der Waals surface area contributed by atoms with Gasteiger partial charge >= 0.3 is 0 Å². The van der Waals surface area contributed by atoms with Gasteiger partial charge in [0.25, 0.3) is 5.56 Å². The molecule has 0 aliphatic carbocycles. The van der Waals surface area contributed by atoms with E-state index in [9.17, 15) is 17.6 Å². The van der Waals surface area contributed by atoms with Crippen molar-refractivity contribution < 1.29 is 17.5 Å². The molecule has 0 spiro atoms. The first kappa shape index (κ1) is 25.0. The van der Waals surface area contributed by atoms with Crippen LogP contribution in [0.3, 0.4) is 0 Å². The van der Waals surface area contributed by atoms with E-state index in [4.69, 9.17) is 16.3 Å². The Balaban J connectivity index is 1.97. The van der Waals surface area contributed by atoms with E-state index in [0.29, 0.717) is 10.9 Å². The summed E-state index contributed by atoms with van der Waals surface area (Å²) >= 11 is 6.02. The van der Waals surface area contributed by atoms with Crippen LogP contribution in [0.15, 0.2) is 82.5 Å². The topological polar surface area (TPSA) is 81.5 Å². The fourth-order valence-corrected chi connectivity index (χ4v) is 5.64. The van der Waals surface area contributed by atoms with Crippen LogP contribution >= 0.6 is 11.6 Å². The molecule has 1 atom stereocenters. The fraction of sp³-hybridized carbons (Fsp3) is 0.200. The molecule has 4 aromatic rings. The molecular formula is C25H23ClFN3O4S. The number of methoxy groups -OCH3 is 1. The molecule has 0 radical (unpaired) electrons. The first-order valence-electron chi connectivity index (χ1n) is 10.8. The third kappa shape index (κ3) is 4.85. The Kier molecular flexibility index (Phi) is 7.32. The standard InChI is InChI=1S/C25H23ClFN3O4S/c1-17(29(14-15-34-2)35(32,33)19-8-4-3-5-9-19)24-28-23-11-7-6-10-20(23)25(31)30(24)18-12-13-22(27)21(26)16-18/h3-13,16-17H,14-15H2,1-2H3. The molecule has 1 heterocycles. The number of halogens is 2. The lowest BCUT2D eigenvalue weighted by atomic mass is 10.2. The van der Waals surface area contributed by atoms with Gasteiger partial charge in [-0.15, -0.1) is 0 Å². The molecule has 0 saturated heterocycles. The Hall–Kier alpha value is -3.11. The number of rotatable bonds is 8. The number of aromatic nitrogens is 2. The van der Waals surface area contributed by atoms with Gasteiger partial charge < -0.3 is 4.74 Å². The Morgan fingerprint density at radius 3 is 2.46 bits per heavy atom. The molecule has 1 unspecified atom stereocenters. The summed E-state index contributed by atoms with van der Waals surface area (Å²) < 4.78 is 48.9. The number of para-hydroxylation sites is 1. The second kappa shape index (κ2) is 10.2. The van der Waals surface area contributed by atoms with Crippen molar-refractivity contribution in [3.05, 3.63) is 99.8 Å². The van der Waals surface area contributed by atoms with Crippen molar-refractivity contribution in [3.8, 4) is 5.69 Å². The maximum Gasteiger partial charge on any atom is 0.266 e. The van der Waals surface area contributed by atoms with Crippen LogP contribution in [0.2, 0.25) is 5.02 Å². The highest BCUT2D eigenvalue weighted by molar-refractivity contribution is 7.89. The van der Waals surface area contributed by atoms with Crippen LogP contribution in [-0.4, -0.2) is 42.5 Å². The fourth-order valence-electron chi connectivity index (χ4n) is 3.86. The summed E-state index contributed by atoms with van der Waals surface area (Å²) in [7, 11) is -2.51. The third-order valence-electron chi connectivity index (χ3n) is 5.63. The number of fused-ring (bicyclic) bond motifs is 1. The zero-order chi connectivity index (χ0) is 25.2. The summed E-state index contributed by atoms with van der Waals surface area (Å²) in [6, 6.07) is 17.7. The third-order valence-corrected chi connectivity index (χ3v) is 7.91.